The summed E-state index contributed by atoms with van der Waals surface area (Å²) in [6, 6.07) is 0.350. The average Bonchev–Trinajstić information content (AvgIpc) is 2.40. The molecular formula is C10H13N3S. The Balaban J connectivity index is 2.48. The van der Waals surface area contributed by atoms with Crippen LogP contribution in [0.2, 0.25) is 0 Å². The van der Waals surface area contributed by atoms with Gasteiger partial charge in [-0.1, -0.05) is 5.57 Å². The van der Waals surface area contributed by atoms with Gasteiger partial charge < -0.3 is 0 Å². The van der Waals surface area contributed by atoms with Crippen molar-refractivity contribution >= 4 is 25.1 Å². The Morgan fingerprint density at radius 1 is 1.57 bits per heavy atom. The van der Waals surface area contributed by atoms with Crippen molar-refractivity contribution in [1.29, 1.82) is 0 Å². The first-order valence-electron chi connectivity index (χ1n) is 4.64. The van der Waals surface area contributed by atoms with Crippen molar-refractivity contribution in [3.8, 4) is 0 Å². The quantitative estimate of drug-likeness (QED) is 0.649. The van der Waals surface area contributed by atoms with Crippen LogP contribution in [0.3, 0.4) is 0 Å². The second kappa shape index (κ2) is 3.61. The predicted octanol–water partition coefficient (Wildman–Crippen LogP) is 2.19. The standard InChI is InChI=1S/C10H13N3S/c1-7-3-8(2)11-5-9-6-13(14)12-10(9)4-7/h4-6,8,14H,3H2,1-2H3/b7-4+,11-5-. The molecule has 2 rings (SSSR count). The van der Waals surface area contributed by atoms with Crippen LogP contribution in [-0.4, -0.2) is 21.4 Å². The summed E-state index contributed by atoms with van der Waals surface area (Å²) >= 11 is 4.15. The fourth-order valence-corrected chi connectivity index (χ4v) is 1.84. The molecule has 1 unspecified atom stereocenters. The van der Waals surface area contributed by atoms with Gasteiger partial charge in [0.2, 0.25) is 0 Å². The Morgan fingerprint density at radius 3 is 3.14 bits per heavy atom. The molecule has 0 bridgehead atoms. The third-order valence-electron chi connectivity index (χ3n) is 2.23. The first kappa shape index (κ1) is 9.52. The average molecular weight is 207 g/mol. The Hall–Kier alpha value is -1.03. The maximum Gasteiger partial charge on any atom is 0.0948 e. The summed E-state index contributed by atoms with van der Waals surface area (Å²) in [5.74, 6) is 0. The third-order valence-corrected chi connectivity index (χ3v) is 2.43. The fourth-order valence-electron chi connectivity index (χ4n) is 1.62. The molecule has 74 valence electrons. The lowest BCUT2D eigenvalue weighted by molar-refractivity contribution is 0.738. The van der Waals surface area contributed by atoms with Crippen molar-refractivity contribution in [2.45, 2.75) is 26.3 Å². The highest BCUT2D eigenvalue weighted by atomic mass is 32.1. The summed E-state index contributed by atoms with van der Waals surface area (Å²) < 4.78 is 1.52. The highest BCUT2D eigenvalue weighted by molar-refractivity contribution is 7.78. The molecule has 0 spiro atoms. The SMILES string of the molecule is C/C1=C\c2nn(S)cc2/C=N\C(C)C1. The van der Waals surface area contributed by atoms with E-state index >= 15 is 0 Å². The van der Waals surface area contributed by atoms with Gasteiger partial charge in [0.05, 0.1) is 11.7 Å². The van der Waals surface area contributed by atoms with Crippen LogP contribution in [0.25, 0.3) is 6.08 Å². The lowest BCUT2D eigenvalue weighted by Crippen LogP contribution is -2.02. The highest BCUT2D eigenvalue weighted by Crippen LogP contribution is 2.17. The summed E-state index contributed by atoms with van der Waals surface area (Å²) in [6.07, 6.45) is 6.84. The summed E-state index contributed by atoms with van der Waals surface area (Å²) in [6.45, 7) is 4.22. The van der Waals surface area contributed by atoms with Crippen LogP contribution in [0, 0.1) is 0 Å². The molecule has 1 aliphatic heterocycles. The van der Waals surface area contributed by atoms with Crippen LogP contribution in [0.15, 0.2) is 16.8 Å². The van der Waals surface area contributed by atoms with E-state index in [-0.39, 0.29) is 0 Å². The Kier molecular flexibility index (Phi) is 2.46. The first-order valence-corrected chi connectivity index (χ1v) is 5.04. The summed E-state index contributed by atoms with van der Waals surface area (Å²) in [4.78, 5) is 4.44. The van der Waals surface area contributed by atoms with E-state index in [2.05, 4.69) is 42.8 Å². The molecule has 0 aliphatic carbocycles. The zero-order valence-corrected chi connectivity index (χ0v) is 9.20. The highest BCUT2D eigenvalue weighted by Gasteiger charge is 2.09. The number of rotatable bonds is 0. The van der Waals surface area contributed by atoms with E-state index < -0.39 is 0 Å². The number of hydrogen-bond donors (Lipinski definition) is 1. The largest absolute Gasteiger partial charge is 0.289 e. The van der Waals surface area contributed by atoms with Crippen LogP contribution in [-0.2, 0) is 0 Å². The zero-order valence-electron chi connectivity index (χ0n) is 8.31. The van der Waals surface area contributed by atoms with Gasteiger partial charge in [-0.3, -0.25) is 4.99 Å². The molecule has 1 atom stereocenters. The molecule has 0 fully saturated rings. The summed E-state index contributed by atoms with van der Waals surface area (Å²) in [5, 5.41) is 4.24. The molecule has 0 saturated heterocycles. The van der Waals surface area contributed by atoms with Gasteiger partial charge in [0.1, 0.15) is 0 Å². The van der Waals surface area contributed by atoms with Gasteiger partial charge in [0.25, 0.3) is 0 Å². The van der Waals surface area contributed by atoms with Crippen molar-refractivity contribution in [3.05, 3.63) is 23.0 Å². The van der Waals surface area contributed by atoms with Gasteiger partial charge >= 0.3 is 0 Å². The van der Waals surface area contributed by atoms with Gasteiger partial charge in [-0.25, -0.2) is 4.09 Å². The third kappa shape index (κ3) is 1.90. The van der Waals surface area contributed by atoms with Crippen LogP contribution in [0.5, 0.6) is 0 Å². The number of hydrogen-bond acceptors (Lipinski definition) is 3. The Labute approximate surface area is 89.1 Å². The minimum atomic E-state index is 0.350. The lowest BCUT2D eigenvalue weighted by atomic mass is 10.1. The van der Waals surface area contributed by atoms with Crippen molar-refractivity contribution in [2.75, 3.05) is 0 Å². The number of aromatic nitrogens is 2. The number of fused-ring (bicyclic) bond motifs is 1. The minimum Gasteiger partial charge on any atom is -0.289 e. The van der Waals surface area contributed by atoms with Gasteiger partial charge in [0.15, 0.2) is 0 Å². The van der Waals surface area contributed by atoms with E-state index in [0.717, 1.165) is 17.7 Å². The topological polar surface area (TPSA) is 30.2 Å². The molecule has 0 N–H and O–H groups in total. The van der Waals surface area contributed by atoms with Crippen molar-refractivity contribution in [1.82, 2.24) is 9.19 Å². The van der Waals surface area contributed by atoms with Gasteiger partial charge in [0, 0.05) is 18.0 Å². The van der Waals surface area contributed by atoms with E-state index in [4.69, 9.17) is 0 Å². The maximum absolute atomic E-state index is 4.44. The maximum atomic E-state index is 4.44. The van der Waals surface area contributed by atoms with E-state index in [1.807, 2.05) is 12.4 Å². The summed E-state index contributed by atoms with van der Waals surface area (Å²) in [7, 11) is 0. The van der Waals surface area contributed by atoms with E-state index in [0.29, 0.717) is 6.04 Å². The minimum absolute atomic E-state index is 0.350. The lowest BCUT2D eigenvalue weighted by Gasteiger charge is -2.08. The zero-order chi connectivity index (χ0) is 10.1. The molecule has 4 heteroatoms. The smallest absolute Gasteiger partial charge is 0.0948 e. The molecule has 0 radical (unpaired) electrons. The molecule has 1 aliphatic rings. The fraction of sp³-hybridized carbons (Fsp3) is 0.400. The van der Waals surface area contributed by atoms with Crippen molar-refractivity contribution < 1.29 is 0 Å². The first-order chi connectivity index (χ1) is 6.65. The van der Waals surface area contributed by atoms with Crippen LogP contribution in [0.1, 0.15) is 31.5 Å². The van der Waals surface area contributed by atoms with Gasteiger partial charge in [-0.15, -0.1) is 0 Å². The van der Waals surface area contributed by atoms with Crippen molar-refractivity contribution in [3.63, 3.8) is 0 Å². The molecule has 3 nitrogen and oxygen atoms in total. The molecule has 1 aromatic heterocycles. The predicted molar refractivity (Wildman–Crippen MR) is 61.9 cm³/mol. The van der Waals surface area contributed by atoms with E-state index in [1.165, 1.54) is 9.66 Å². The second-order valence-electron chi connectivity index (χ2n) is 3.71. The molecule has 1 aromatic rings. The number of aliphatic imine (C=N–C) groups is 1. The molecule has 0 aromatic carbocycles. The number of thiol groups is 1. The molecule has 0 amide bonds. The Morgan fingerprint density at radius 2 is 2.36 bits per heavy atom. The van der Waals surface area contributed by atoms with Gasteiger partial charge in [-0.05, 0) is 39.2 Å². The van der Waals surface area contributed by atoms with Crippen molar-refractivity contribution in [2.24, 2.45) is 4.99 Å². The second-order valence-corrected chi connectivity index (χ2v) is 4.12. The van der Waals surface area contributed by atoms with E-state index in [1.54, 1.807) is 0 Å². The van der Waals surface area contributed by atoms with Crippen LogP contribution < -0.4 is 0 Å². The molecule has 0 saturated carbocycles. The van der Waals surface area contributed by atoms with Crippen LogP contribution in [0.4, 0.5) is 0 Å². The number of nitrogens with zero attached hydrogens (tertiary/aromatic N) is 3. The Bertz CT molecular complexity index is 403. The monoisotopic (exact) mass is 207 g/mol. The van der Waals surface area contributed by atoms with Crippen LogP contribution >= 0.6 is 12.8 Å². The molecule has 14 heavy (non-hydrogen) atoms. The summed E-state index contributed by atoms with van der Waals surface area (Å²) in [5.41, 5.74) is 3.29. The van der Waals surface area contributed by atoms with E-state index in [9.17, 15) is 0 Å². The molecular weight excluding hydrogens is 194 g/mol. The normalized spacial score (nSPS) is 27.1. The molecule has 2 heterocycles. The van der Waals surface area contributed by atoms with Gasteiger partial charge in [-0.2, -0.15) is 5.10 Å².